The van der Waals surface area contributed by atoms with Gasteiger partial charge in [-0.25, -0.2) is 0 Å². The highest BCUT2D eigenvalue weighted by molar-refractivity contribution is 5.78. The zero-order valence-corrected chi connectivity index (χ0v) is 14.8. The highest BCUT2D eigenvalue weighted by Crippen LogP contribution is 2.24. The summed E-state index contributed by atoms with van der Waals surface area (Å²) in [7, 11) is 1.41. The van der Waals surface area contributed by atoms with Gasteiger partial charge in [0.05, 0.1) is 13.0 Å². The monoisotopic (exact) mass is 311 g/mol. The third kappa shape index (κ3) is 6.37. The lowest BCUT2D eigenvalue weighted by molar-refractivity contribution is -0.147. The predicted octanol–water partition coefficient (Wildman–Crippen LogP) is 3.78. The van der Waals surface area contributed by atoms with Crippen LogP contribution >= 0.6 is 0 Å². The van der Waals surface area contributed by atoms with Crippen molar-refractivity contribution in [2.24, 2.45) is 11.8 Å². The Morgan fingerprint density at radius 1 is 1.05 bits per heavy atom. The molecule has 0 radical (unpaired) electrons. The van der Waals surface area contributed by atoms with Crippen LogP contribution in [0.5, 0.6) is 0 Å². The van der Waals surface area contributed by atoms with Crippen molar-refractivity contribution in [1.29, 1.82) is 0 Å². The average Bonchev–Trinajstić information content (AvgIpc) is 2.43. The van der Waals surface area contributed by atoms with E-state index in [1.165, 1.54) is 39.2 Å². The Morgan fingerprint density at radius 3 is 2.09 bits per heavy atom. The lowest BCUT2D eigenvalue weighted by atomic mass is 9.94. The number of amides is 1. The van der Waals surface area contributed by atoms with Gasteiger partial charge in [0.15, 0.2) is 0 Å². The van der Waals surface area contributed by atoms with Gasteiger partial charge in [-0.2, -0.15) is 0 Å². The van der Waals surface area contributed by atoms with Crippen LogP contribution in [0.15, 0.2) is 0 Å². The number of rotatable bonds is 6. The summed E-state index contributed by atoms with van der Waals surface area (Å²) in [6, 6.07) is 0.290. The van der Waals surface area contributed by atoms with Gasteiger partial charge in [0.2, 0.25) is 5.91 Å². The SMILES string of the molecule is COC(=O)C(C)CN(C(=O)CC(C)C)C1CCCCCCC1. The molecular formula is C18H33NO3. The second-order valence-corrected chi connectivity index (χ2v) is 7.07. The number of hydrogen-bond donors (Lipinski definition) is 0. The molecule has 1 amide bonds. The Bertz CT molecular complexity index is 346. The van der Waals surface area contributed by atoms with Crippen molar-refractivity contribution in [2.75, 3.05) is 13.7 Å². The smallest absolute Gasteiger partial charge is 0.310 e. The largest absolute Gasteiger partial charge is 0.469 e. The molecule has 4 heteroatoms. The van der Waals surface area contributed by atoms with Gasteiger partial charge in [-0.05, 0) is 18.8 Å². The summed E-state index contributed by atoms with van der Waals surface area (Å²) in [6.45, 7) is 6.48. The van der Waals surface area contributed by atoms with E-state index in [0.717, 1.165) is 12.8 Å². The van der Waals surface area contributed by atoms with Crippen molar-refractivity contribution in [3.8, 4) is 0 Å². The third-order valence-corrected chi connectivity index (χ3v) is 4.49. The number of methoxy groups -OCH3 is 1. The quantitative estimate of drug-likeness (QED) is 0.701. The summed E-state index contributed by atoms with van der Waals surface area (Å²) in [5.41, 5.74) is 0. The zero-order chi connectivity index (χ0) is 16.5. The van der Waals surface area contributed by atoms with E-state index in [1.807, 2.05) is 11.8 Å². The van der Waals surface area contributed by atoms with Crippen LogP contribution < -0.4 is 0 Å². The van der Waals surface area contributed by atoms with Crippen LogP contribution in [0.25, 0.3) is 0 Å². The van der Waals surface area contributed by atoms with Crippen molar-refractivity contribution in [3.05, 3.63) is 0 Å². The molecule has 0 N–H and O–H groups in total. The van der Waals surface area contributed by atoms with Crippen LogP contribution in [0.4, 0.5) is 0 Å². The van der Waals surface area contributed by atoms with Gasteiger partial charge in [0, 0.05) is 19.0 Å². The Balaban J connectivity index is 2.78. The van der Waals surface area contributed by atoms with Crippen molar-refractivity contribution in [2.45, 2.75) is 78.2 Å². The number of carbonyl (C=O) groups is 2. The number of ether oxygens (including phenoxy) is 1. The molecule has 1 unspecified atom stereocenters. The molecule has 0 aromatic carbocycles. The minimum Gasteiger partial charge on any atom is -0.469 e. The molecule has 0 aromatic heterocycles. The van der Waals surface area contributed by atoms with Crippen LogP contribution in [0.2, 0.25) is 0 Å². The van der Waals surface area contributed by atoms with Gasteiger partial charge in [-0.3, -0.25) is 9.59 Å². The van der Waals surface area contributed by atoms with E-state index in [2.05, 4.69) is 13.8 Å². The fourth-order valence-corrected chi connectivity index (χ4v) is 3.24. The fourth-order valence-electron chi connectivity index (χ4n) is 3.24. The zero-order valence-electron chi connectivity index (χ0n) is 14.8. The molecule has 1 aliphatic rings. The Hall–Kier alpha value is -1.06. The molecule has 0 spiro atoms. The van der Waals surface area contributed by atoms with Gasteiger partial charge in [-0.15, -0.1) is 0 Å². The van der Waals surface area contributed by atoms with Crippen LogP contribution in [-0.4, -0.2) is 36.5 Å². The maximum atomic E-state index is 12.7. The standard InChI is InChI=1S/C18H33NO3/c1-14(2)12-17(20)19(13-15(3)18(21)22-4)16-10-8-6-5-7-9-11-16/h14-16H,5-13H2,1-4H3. The minimum atomic E-state index is -0.258. The molecule has 0 heterocycles. The van der Waals surface area contributed by atoms with E-state index in [4.69, 9.17) is 4.74 Å². The molecule has 1 fully saturated rings. The number of esters is 1. The van der Waals surface area contributed by atoms with Crippen molar-refractivity contribution in [1.82, 2.24) is 4.90 Å². The van der Waals surface area contributed by atoms with Gasteiger partial charge in [0.25, 0.3) is 0 Å². The summed E-state index contributed by atoms with van der Waals surface area (Å²) < 4.78 is 4.83. The molecule has 128 valence electrons. The van der Waals surface area contributed by atoms with Crippen LogP contribution in [0, 0.1) is 11.8 Å². The Labute approximate surface area is 135 Å². The Kier molecular flexibility index (Phi) is 8.51. The number of nitrogens with zero attached hydrogens (tertiary/aromatic N) is 1. The van der Waals surface area contributed by atoms with Crippen LogP contribution in [0.1, 0.15) is 72.1 Å². The van der Waals surface area contributed by atoms with E-state index in [0.29, 0.717) is 24.9 Å². The van der Waals surface area contributed by atoms with E-state index >= 15 is 0 Å². The van der Waals surface area contributed by atoms with Gasteiger partial charge in [-0.1, -0.05) is 52.9 Å². The molecular weight excluding hydrogens is 278 g/mol. The maximum absolute atomic E-state index is 12.7. The molecule has 0 bridgehead atoms. The molecule has 4 nitrogen and oxygen atoms in total. The van der Waals surface area contributed by atoms with E-state index in [-0.39, 0.29) is 17.8 Å². The Morgan fingerprint density at radius 2 is 1.59 bits per heavy atom. The first-order valence-corrected chi connectivity index (χ1v) is 8.83. The molecule has 0 aromatic rings. The topological polar surface area (TPSA) is 46.6 Å². The van der Waals surface area contributed by atoms with Crippen molar-refractivity contribution >= 4 is 11.9 Å². The molecule has 1 atom stereocenters. The molecule has 22 heavy (non-hydrogen) atoms. The second-order valence-electron chi connectivity index (χ2n) is 7.07. The van der Waals surface area contributed by atoms with E-state index in [9.17, 15) is 9.59 Å². The third-order valence-electron chi connectivity index (χ3n) is 4.49. The first-order chi connectivity index (χ1) is 10.5. The van der Waals surface area contributed by atoms with E-state index in [1.54, 1.807) is 0 Å². The lowest BCUT2D eigenvalue weighted by Gasteiger charge is -2.35. The highest BCUT2D eigenvalue weighted by Gasteiger charge is 2.28. The molecule has 1 aliphatic carbocycles. The summed E-state index contributed by atoms with van der Waals surface area (Å²) in [6.07, 6.45) is 8.89. The minimum absolute atomic E-state index is 0.191. The molecule has 1 rings (SSSR count). The molecule has 0 saturated heterocycles. The summed E-state index contributed by atoms with van der Waals surface area (Å²) in [4.78, 5) is 26.4. The van der Waals surface area contributed by atoms with Crippen LogP contribution in [0.3, 0.4) is 0 Å². The lowest BCUT2D eigenvalue weighted by Crippen LogP contribution is -2.45. The first-order valence-electron chi connectivity index (χ1n) is 8.83. The predicted molar refractivity (Wildman–Crippen MR) is 88.5 cm³/mol. The average molecular weight is 311 g/mol. The first kappa shape index (κ1) is 19.0. The summed E-state index contributed by atoms with van der Waals surface area (Å²) >= 11 is 0. The van der Waals surface area contributed by atoms with E-state index < -0.39 is 0 Å². The number of carbonyl (C=O) groups excluding carboxylic acids is 2. The fraction of sp³-hybridized carbons (Fsp3) is 0.889. The van der Waals surface area contributed by atoms with Crippen molar-refractivity contribution < 1.29 is 14.3 Å². The van der Waals surface area contributed by atoms with Gasteiger partial charge >= 0.3 is 5.97 Å². The molecule has 1 saturated carbocycles. The number of hydrogen-bond acceptors (Lipinski definition) is 3. The van der Waals surface area contributed by atoms with Gasteiger partial charge < -0.3 is 9.64 Å². The van der Waals surface area contributed by atoms with Crippen molar-refractivity contribution in [3.63, 3.8) is 0 Å². The normalized spacial score (nSPS) is 18.4. The molecule has 0 aliphatic heterocycles. The van der Waals surface area contributed by atoms with Crippen LogP contribution in [-0.2, 0) is 14.3 Å². The maximum Gasteiger partial charge on any atom is 0.310 e. The summed E-state index contributed by atoms with van der Waals surface area (Å²) in [5.74, 6) is 0.0491. The second kappa shape index (κ2) is 9.86. The highest BCUT2D eigenvalue weighted by atomic mass is 16.5. The van der Waals surface area contributed by atoms with Gasteiger partial charge in [0.1, 0.15) is 0 Å². The summed E-state index contributed by atoms with van der Waals surface area (Å²) in [5, 5.41) is 0.